The van der Waals surface area contributed by atoms with Crippen LogP contribution in [0, 0.1) is 0 Å². The van der Waals surface area contributed by atoms with Crippen molar-refractivity contribution in [1.82, 2.24) is 5.32 Å². The minimum Gasteiger partial charge on any atom is -0.497 e. The summed E-state index contributed by atoms with van der Waals surface area (Å²) in [6, 6.07) is 10.6. The highest BCUT2D eigenvalue weighted by atomic mass is 79.9. The SMILES string of the molecule is CCCNC(c1cccc(OC)c1)c1cc(Br)c(Br)s1. The minimum absolute atomic E-state index is 0.192. The van der Waals surface area contributed by atoms with Gasteiger partial charge in [0, 0.05) is 9.35 Å². The number of ether oxygens (including phenoxy) is 1. The number of nitrogens with one attached hydrogen (secondary N) is 1. The molecule has 2 nitrogen and oxygen atoms in total. The van der Waals surface area contributed by atoms with Crippen LogP contribution >= 0.6 is 43.2 Å². The molecule has 0 saturated heterocycles. The molecule has 2 aromatic rings. The first-order chi connectivity index (χ1) is 9.65. The smallest absolute Gasteiger partial charge is 0.119 e. The molecule has 108 valence electrons. The van der Waals surface area contributed by atoms with Gasteiger partial charge in [0.25, 0.3) is 0 Å². The zero-order valence-electron chi connectivity index (χ0n) is 11.5. The van der Waals surface area contributed by atoms with Crippen molar-refractivity contribution in [3.63, 3.8) is 0 Å². The highest BCUT2D eigenvalue weighted by Gasteiger charge is 2.17. The van der Waals surface area contributed by atoms with Gasteiger partial charge in [-0.15, -0.1) is 11.3 Å². The summed E-state index contributed by atoms with van der Waals surface area (Å²) in [6.07, 6.45) is 1.11. The van der Waals surface area contributed by atoms with Crippen molar-refractivity contribution in [2.24, 2.45) is 0 Å². The summed E-state index contributed by atoms with van der Waals surface area (Å²) >= 11 is 8.88. The number of hydrogen-bond acceptors (Lipinski definition) is 3. The maximum atomic E-state index is 5.33. The molecule has 0 amide bonds. The van der Waals surface area contributed by atoms with Crippen LogP contribution in [0.5, 0.6) is 5.75 Å². The first kappa shape index (κ1) is 16.0. The maximum Gasteiger partial charge on any atom is 0.119 e. The van der Waals surface area contributed by atoms with Gasteiger partial charge in [0.05, 0.1) is 16.9 Å². The Balaban J connectivity index is 2.35. The Labute approximate surface area is 140 Å². The Kier molecular flexibility index (Phi) is 6.08. The molecule has 0 aliphatic carbocycles. The number of halogens is 2. The molecule has 5 heteroatoms. The third-order valence-electron chi connectivity index (χ3n) is 2.97. The predicted molar refractivity (Wildman–Crippen MR) is 92.8 cm³/mol. The van der Waals surface area contributed by atoms with Crippen LogP contribution < -0.4 is 10.1 Å². The van der Waals surface area contributed by atoms with E-state index in [1.165, 1.54) is 10.4 Å². The first-order valence-electron chi connectivity index (χ1n) is 6.47. The van der Waals surface area contributed by atoms with Gasteiger partial charge in [0.1, 0.15) is 5.75 Å². The number of hydrogen-bond donors (Lipinski definition) is 1. The lowest BCUT2D eigenvalue weighted by molar-refractivity contribution is 0.413. The fourth-order valence-electron chi connectivity index (χ4n) is 2.00. The lowest BCUT2D eigenvalue weighted by Gasteiger charge is -2.18. The normalized spacial score (nSPS) is 12.4. The Bertz CT molecular complexity index is 551. The summed E-state index contributed by atoms with van der Waals surface area (Å²) in [5.41, 5.74) is 1.22. The van der Waals surface area contributed by atoms with E-state index in [0.717, 1.165) is 27.0 Å². The average molecular weight is 419 g/mol. The lowest BCUT2D eigenvalue weighted by atomic mass is 10.0. The van der Waals surface area contributed by atoms with Gasteiger partial charge in [-0.3, -0.25) is 0 Å². The van der Waals surface area contributed by atoms with E-state index in [-0.39, 0.29) is 6.04 Å². The molecule has 0 spiro atoms. The van der Waals surface area contributed by atoms with Gasteiger partial charge in [-0.25, -0.2) is 0 Å². The molecule has 1 atom stereocenters. The van der Waals surface area contributed by atoms with Crippen LogP contribution in [-0.2, 0) is 0 Å². The summed E-state index contributed by atoms with van der Waals surface area (Å²) in [7, 11) is 1.70. The van der Waals surface area contributed by atoms with Crippen molar-refractivity contribution in [3.05, 3.63) is 49.0 Å². The monoisotopic (exact) mass is 417 g/mol. The molecule has 0 aliphatic rings. The van der Waals surface area contributed by atoms with Crippen LogP contribution in [-0.4, -0.2) is 13.7 Å². The Morgan fingerprint density at radius 1 is 1.30 bits per heavy atom. The van der Waals surface area contributed by atoms with E-state index in [4.69, 9.17) is 4.74 Å². The summed E-state index contributed by atoms with van der Waals surface area (Å²) in [4.78, 5) is 1.28. The highest BCUT2D eigenvalue weighted by molar-refractivity contribution is 9.13. The van der Waals surface area contributed by atoms with E-state index in [1.807, 2.05) is 12.1 Å². The lowest BCUT2D eigenvalue weighted by Crippen LogP contribution is -2.22. The van der Waals surface area contributed by atoms with E-state index in [2.05, 4.69) is 62.3 Å². The van der Waals surface area contributed by atoms with Gasteiger partial charge in [0.2, 0.25) is 0 Å². The molecule has 0 radical (unpaired) electrons. The second-order valence-corrected chi connectivity index (χ2v) is 7.69. The van der Waals surface area contributed by atoms with Gasteiger partial charge >= 0.3 is 0 Å². The number of thiophene rings is 1. The van der Waals surface area contributed by atoms with E-state index >= 15 is 0 Å². The van der Waals surface area contributed by atoms with Crippen molar-refractivity contribution >= 4 is 43.2 Å². The standard InChI is InChI=1S/C15H17Br2NOS/c1-3-7-18-14(13-9-12(16)15(17)20-13)10-5-4-6-11(8-10)19-2/h4-6,8-9,14,18H,3,7H2,1-2H3. The Hall–Kier alpha value is -0.360. The number of rotatable bonds is 6. The number of benzene rings is 1. The third kappa shape index (κ3) is 3.85. The van der Waals surface area contributed by atoms with Crippen LogP contribution in [0.1, 0.15) is 29.8 Å². The Morgan fingerprint density at radius 3 is 2.70 bits per heavy atom. The van der Waals surface area contributed by atoms with E-state index in [9.17, 15) is 0 Å². The zero-order chi connectivity index (χ0) is 14.5. The van der Waals surface area contributed by atoms with Gasteiger partial charge in [-0.05, 0) is 68.6 Å². The van der Waals surface area contributed by atoms with Crippen LogP contribution in [0.25, 0.3) is 0 Å². The zero-order valence-corrected chi connectivity index (χ0v) is 15.4. The van der Waals surface area contributed by atoms with Crippen LogP contribution in [0.3, 0.4) is 0 Å². The molecule has 0 fully saturated rings. The maximum absolute atomic E-state index is 5.33. The van der Waals surface area contributed by atoms with Crippen molar-refractivity contribution in [3.8, 4) is 5.75 Å². The van der Waals surface area contributed by atoms with Crippen LogP contribution in [0.2, 0.25) is 0 Å². The molecule has 2 rings (SSSR count). The van der Waals surface area contributed by atoms with Crippen LogP contribution in [0.4, 0.5) is 0 Å². The van der Waals surface area contributed by atoms with Crippen molar-refractivity contribution in [1.29, 1.82) is 0 Å². The molecular weight excluding hydrogens is 402 g/mol. The molecule has 0 saturated carbocycles. The molecule has 1 aromatic heterocycles. The van der Waals surface area contributed by atoms with E-state index in [0.29, 0.717) is 0 Å². The highest BCUT2D eigenvalue weighted by Crippen LogP contribution is 2.38. The summed E-state index contributed by atoms with van der Waals surface area (Å²) < 4.78 is 7.56. The molecule has 20 heavy (non-hydrogen) atoms. The van der Waals surface area contributed by atoms with Crippen molar-refractivity contribution in [2.75, 3.05) is 13.7 Å². The van der Waals surface area contributed by atoms with Crippen molar-refractivity contribution in [2.45, 2.75) is 19.4 Å². The van der Waals surface area contributed by atoms with Gasteiger partial charge in [-0.2, -0.15) is 0 Å². The summed E-state index contributed by atoms with van der Waals surface area (Å²) in [6.45, 7) is 3.16. The molecule has 0 bridgehead atoms. The largest absolute Gasteiger partial charge is 0.497 e. The Morgan fingerprint density at radius 2 is 2.10 bits per heavy atom. The molecule has 1 heterocycles. The van der Waals surface area contributed by atoms with E-state index in [1.54, 1.807) is 18.4 Å². The second-order valence-electron chi connectivity index (χ2n) is 4.43. The minimum atomic E-state index is 0.192. The average Bonchev–Trinajstić information content (AvgIpc) is 2.79. The molecule has 1 unspecified atom stereocenters. The van der Waals surface area contributed by atoms with Gasteiger partial charge in [-0.1, -0.05) is 19.1 Å². The number of methoxy groups -OCH3 is 1. The summed E-state index contributed by atoms with van der Waals surface area (Å²) in [5, 5.41) is 3.61. The van der Waals surface area contributed by atoms with Crippen LogP contribution in [0.15, 0.2) is 38.6 Å². The molecule has 0 aliphatic heterocycles. The molecular formula is C15H17Br2NOS. The fraction of sp³-hybridized carbons (Fsp3) is 0.333. The van der Waals surface area contributed by atoms with Gasteiger partial charge in [0.15, 0.2) is 0 Å². The van der Waals surface area contributed by atoms with Crippen molar-refractivity contribution < 1.29 is 4.74 Å². The first-order valence-corrected chi connectivity index (χ1v) is 8.88. The summed E-state index contributed by atoms with van der Waals surface area (Å²) in [5.74, 6) is 0.889. The predicted octanol–water partition coefficient (Wildman–Crippen LogP) is 5.37. The quantitative estimate of drug-likeness (QED) is 0.680. The molecule has 1 N–H and O–H groups in total. The third-order valence-corrected chi connectivity index (χ3v) is 6.30. The topological polar surface area (TPSA) is 21.3 Å². The fourth-order valence-corrected chi connectivity index (χ4v) is 4.19. The van der Waals surface area contributed by atoms with Gasteiger partial charge < -0.3 is 10.1 Å². The molecule has 1 aromatic carbocycles. The second kappa shape index (κ2) is 7.59. The van der Waals surface area contributed by atoms with E-state index < -0.39 is 0 Å².